The number of amides is 1. The summed E-state index contributed by atoms with van der Waals surface area (Å²) in [6, 6.07) is 5.28. The fourth-order valence-electron chi connectivity index (χ4n) is 0.938. The quantitative estimate of drug-likeness (QED) is 0.246. The van der Waals surface area contributed by atoms with Gasteiger partial charge in [0.05, 0.1) is 6.42 Å². The molecule has 5 nitrogen and oxygen atoms in total. The zero-order chi connectivity index (χ0) is 11.3. The van der Waals surface area contributed by atoms with Gasteiger partial charge in [0.15, 0.2) is 0 Å². The predicted molar refractivity (Wildman–Crippen MR) is 48.9 cm³/mol. The highest BCUT2D eigenvalue weighted by Gasteiger charge is 2.09. The summed E-state index contributed by atoms with van der Waals surface area (Å²) in [5.41, 5.74) is 2.20. The summed E-state index contributed by atoms with van der Waals surface area (Å²) in [6.45, 7) is 0. The third-order valence-corrected chi connectivity index (χ3v) is 1.59. The molecule has 0 radical (unpaired) electrons. The van der Waals surface area contributed by atoms with Crippen molar-refractivity contribution in [2.24, 2.45) is 5.84 Å². The van der Waals surface area contributed by atoms with E-state index in [1.807, 2.05) is 0 Å². The Morgan fingerprint density at radius 1 is 1.33 bits per heavy atom. The number of nitrogens with one attached hydrogen (secondary N) is 1. The maximum absolute atomic E-state index is 12.5. The van der Waals surface area contributed by atoms with Gasteiger partial charge in [-0.3, -0.25) is 10.2 Å². The molecule has 0 atom stereocenters. The van der Waals surface area contributed by atoms with Crippen LogP contribution in [-0.2, 0) is 16.0 Å². The van der Waals surface area contributed by atoms with Crippen molar-refractivity contribution < 1.29 is 18.7 Å². The summed E-state index contributed by atoms with van der Waals surface area (Å²) >= 11 is 0. The number of esters is 1. The second kappa shape index (κ2) is 5.06. The minimum absolute atomic E-state index is 0.117. The maximum Gasteiger partial charge on any atom is 0.429 e. The van der Waals surface area contributed by atoms with E-state index >= 15 is 0 Å². The predicted octanol–water partition coefficient (Wildman–Crippen LogP) is 0.495. The molecule has 15 heavy (non-hydrogen) atoms. The van der Waals surface area contributed by atoms with Crippen LogP contribution in [0.3, 0.4) is 0 Å². The summed E-state index contributed by atoms with van der Waals surface area (Å²) in [5.74, 6) is 3.55. The van der Waals surface area contributed by atoms with Crippen molar-refractivity contribution in [2.75, 3.05) is 0 Å². The van der Waals surface area contributed by atoms with E-state index in [-0.39, 0.29) is 6.42 Å². The van der Waals surface area contributed by atoms with Crippen molar-refractivity contribution in [3.05, 3.63) is 35.6 Å². The topological polar surface area (TPSA) is 81.4 Å². The van der Waals surface area contributed by atoms with Crippen LogP contribution in [-0.4, -0.2) is 12.1 Å². The van der Waals surface area contributed by atoms with Crippen molar-refractivity contribution >= 4 is 12.1 Å². The lowest BCUT2D eigenvalue weighted by Crippen LogP contribution is -2.32. The molecule has 0 aliphatic rings. The summed E-state index contributed by atoms with van der Waals surface area (Å²) in [6.07, 6.45) is -1.14. The third kappa shape index (κ3) is 3.74. The fraction of sp³-hybridized carbons (Fsp3) is 0.111. The number of carbonyl (C=O) groups is 2. The van der Waals surface area contributed by atoms with E-state index in [1.165, 1.54) is 24.3 Å². The lowest BCUT2D eigenvalue weighted by atomic mass is 10.1. The molecular weight excluding hydrogens is 203 g/mol. The van der Waals surface area contributed by atoms with Crippen LogP contribution < -0.4 is 11.3 Å². The lowest BCUT2D eigenvalue weighted by molar-refractivity contribution is -0.136. The molecule has 0 fully saturated rings. The van der Waals surface area contributed by atoms with E-state index in [1.54, 1.807) is 5.43 Å². The fourth-order valence-corrected chi connectivity index (χ4v) is 0.938. The molecule has 6 heteroatoms. The molecule has 0 aromatic heterocycles. The van der Waals surface area contributed by atoms with Crippen LogP contribution in [0.4, 0.5) is 9.18 Å². The van der Waals surface area contributed by atoms with Crippen LogP contribution >= 0.6 is 0 Å². The molecule has 0 aliphatic carbocycles. The molecule has 0 spiro atoms. The van der Waals surface area contributed by atoms with Gasteiger partial charge >= 0.3 is 12.1 Å². The zero-order valence-corrected chi connectivity index (χ0v) is 7.70. The SMILES string of the molecule is NNC(=O)OC(=O)Cc1ccc(F)cc1. The molecular formula is C9H9FN2O3. The van der Waals surface area contributed by atoms with Crippen LogP contribution in [0.2, 0.25) is 0 Å². The first-order chi connectivity index (χ1) is 7.11. The number of hydrogen-bond acceptors (Lipinski definition) is 4. The number of rotatable bonds is 2. The number of hydrogen-bond donors (Lipinski definition) is 2. The molecule has 0 unspecified atom stereocenters. The second-order valence-corrected chi connectivity index (χ2v) is 2.71. The summed E-state index contributed by atoms with van der Waals surface area (Å²) in [4.78, 5) is 21.6. The molecule has 3 N–H and O–H groups in total. The molecule has 0 saturated carbocycles. The highest BCUT2D eigenvalue weighted by atomic mass is 19.1. The first-order valence-corrected chi connectivity index (χ1v) is 4.07. The largest absolute Gasteiger partial charge is 0.429 e. The Hall–Kier alpha value is -1.95. The van der Waals surface area contributed by atoms with E-state index in [4.69, 9.17) is 5.84 Å². The molecule has 80 valence electrons. The van der Waals surface area contributed by atoms with Gasteiger partial charge in [-0.05, 0) is 17.7 Å². The van der Waals surface area contributed by atoms with E-state index < -0.39 is 17.9 Å². The Labute approximate surface area is 85.0 Å². The van der Waals surface area contributed by atoms with Crippen LogP contribution in [0, 0.1) is 5.82 Å². The average molecular weight is 212 g/mol. The molecule has 0 aliphatic heterocycles. The average Bonchev–Trinajstić information content (AvgIpc) is 2.21. The Morgan fingerprint density at radius 3 is 2.47 bits per heavy atom. The van der Waals surface area contributed by atoms with Crippen molar-refractivity contribution in [2.45, 2.75) is 6.42 Å². The van der Waals surface area contributed by atoms with Crippen molar-refractivity contribution in [3.63, 3.8) is 0 Å². The van der Waals surface area contributed by atoms with Crippen LogP contribution in [0.1, 0.15) is 5.56 Å². The molecule has 0 heterocycles. The molecule has 1 aromatic rings. The van der Waals surface area contributed by atoms with Gasteiger partial charge < -0.3 is 4.74 Å². The van der Waals surface area contributed by atoms with Crippen LogP contribution in [0.5, 0.6) is 0 Å². The molecule has 0 bridgehead atoms. The number of hydrazine groups is 1. The minimum atomic E-state index is -1.03. The van der Waals surface area contributed by atoms with E-state index in [0.717, 1.165) is 0 Å². The van der Waals surface area contributed by atoms with Crippen LogP contribution in [0.25, 0.3) is 0 Å². The van der Waals surface area contributed by atoms with Gasteiger partial charge in [-0.15, -0.1) is 0 Å². The minimum Gasteiger partial charge on any atom is -0.375 e. The number of nitrogens with two attached hydrogens (primary N) is 1. The number of halogens is 1. The highest BCUT2D eigenvalue weighted by Crippen LogP contribution is 2.04. The van der Waals surface area contributed by atoms with Gasteiger partial charge in [0.1, 0.15) is 5.82 Å². The monoisotopic (exact) mass is 212 g/mol. The molecule has 0 saturated heterocycles. The standard InChI is InChI=1S/C9H9FN2O3/c10-7-3-1-6(2-4-7)5-8(13)15-9(14)12-11/h1-4H,5,11H2,(H,12,14). The van der Waals surface area contributed by atoms with E-state index in [0.29, 0.717) is 5.56 Å². The number of carbonyl (C=O) groups excluding carboxylic acids is 2. The third-order valence-electron chi connectivity index (χ3n) is 1.59. The van der Waals surface area contributed by atoms with Crippen molar-refractivity contribution in [3.8, 4) is 0 Å². The van der Waals surface area contributed by atoms with Gasteiger partial charge in [-0.1, -0.05) is 12.1 Å². The zero-order valence-electron chi connectivity index (χ0n) is 7.70. The van der Waals surface area contributed by atoms with E-state index in [9.17, 15) is 14.0 Å². The number of benzene rings is 1. The Morgan fingerprint density at radius 2 is 1.93 bits per heavy atom. The van der Waals surface area contributed by atoms with Gasteiger partial charge in [0.2, 0.25) is 0 Å². The summed E-state index contributed by atoms with van der Waals surface area (Å²) in [5, 5.41) is 0. The van der Waals surface area contributed by atoms with Gasteiger partial charge in [-0.25, -0.2) is 15.0 Å². The highest BCUT2D eigenvalue weighted by molar-refractivity contribution is 5.85. The Bertz CT molecular complexity index is 364. The molecule has 1 amide bonds. The normalized spacial score (nSPS) is 9.47. The first kappa shape index (κ1) is 11.1. The lowest BCUT2D eigenvalue weighted by Gasteiger charge is -2.01. The molecule has 1 rings (SSSR count). The van der Waals surface area contributed by atoms with E-state index in [2.05, 4.69) is 4.74 Å². The van der Waals surface area contributed by atoms with Gasteiger partial charge in [0, 0.05) is 0 Å². The smallest absolute Gasteiger partial charge is 0.375 e. The summed E-state index contributed by atoms with van der Waals surface area (Å²) < 4.78 is 16.7. The molecule has 1 aromatic carbocycles. The summed E-state index contributed by atoms with van der Waals surface area (Å²) in [7, 11) is 0. The van der Waals surface area contributed by atoms with Crippen molar-refractivity contribution in [1.82, 2.24) is 5.43 Å². The first-order valence-electron chi connectivity index (χ1n) is 4.07. The van der Waals surface area contributed by atoms with Crippen LogP contribution in [0.15, 0.2) is 24.3 Å². The van der Waals surface area contributed by atoms with Gasteiger partial charge in [0.25, 0.3) is 0 Å². The second-order valence-electron chi connectivity index (χ2n) is 2.71. The Balaban J connectivity index is 2.51. The van der Waals surface area contributed by atoms with Gasteiger partial charge in [-0.2, -0.15) is 0 Å². The maximum atomic E-state index is 12.5. The Kier molecular flexibility index (Phi) is 3.75. The number of ether oxygens (including phenoxy) is 1. The van der Waals surface area contributed by atoms with Crippen molar-refractivity contribution in [1.29, 1.82) is 0 Å².